The van der Waals surface area contributed by atoms with Gasteiger partial charge in [0.2, 0.25) is 0 Å². The van der Waals surface area contributed by atoms with Crippen molar-refractivity contribution in [3.8, 4) is 5.69 Å². The smallest absolute Gasteiger partial charge is 0.191 e. The van der Waals surface area contributed by atoms with Crippen molar-refractivity contribution in [3.63, 3.8) is 0 Å². The number of benzene rings is 1. The molecular formula is C21H30FIN6. The van der Waals surface area contributed by atoms with Gasteiger partial charge in [-0.1, -0.05) is 0 Å². The Bertz CT molecular complexity index is 794. The summed E-state index contributed by atoms with van der Waals surface area (Å²) in [5.74, 6) is 0.625. The number of halogens is 2. The third kappa shape index (κ3) is 6.15. The van der Waals surface area contributed by atoms with Crippen LogP contribution >= 0.6 is 24.0 Å². The quantitative estimate of drug-likeness (QED) is 0.355. The number of aliphatic imine (C=N–C) groups is 1. The Morgan fingerprint density at radius 3 is 2.52 bits per heavy atom. The molecule has 1 aliphatic carbocycles. The molecule has 2 aromatic rings. The number of nitrogens with zero attached hydrogens (tertiary/aromatic N) is 4. The predicted molar refractivity (Wildman–Crippen MR) is 125 cm³/mol. The van der Waals surface area contributed by atoms with Crippen LogP contribution < -0.4 is 10.6 Å². The predicted octanol–water partition coefficient (Wildman–Crippen LogP) is 2.96. The van der Waals surface area contributed by atoms with Gasteiger partial charge in [-0.15, -0.1) is 24.0 Å². The molecule has 158 valence electrons. The van der Waals surface area contributed by atoms with Gasteiger partial charge in [-0.3, -0.25) is 4.99 Å². The molecule has 2 N–H and O–H groups in total. The number of aromatic nitrogens is 2. The number of hydrogen-bond donors (Lipinski definition) is 2. The SMILES string of the molecule is CN=C(NCCc1ccn(-c2ccc(F)cc2)n1)NC1CCN(C2CC2)CC1.I. The molecule has 1 aromatic carbocycles. The minimum atomic E-state index is -0.238. The highest BCUT2D eigenvalue weighted by Gasteiger charge is 2.31. The number of nitrogens with one attached hydrogen (secondary N) is 2. The van der Waals surface area contributed by atoms with E-state index in [2.05, 4.69) is 25.6 Å². The second-order valence-electron chi connectivity index (χ2n) is 7.66. The van der Waals surface area contributed by atoms with Gasteiger partial charge in [-0.05, 0) is 56.0 Å². The zero-order valence-electron chi connectivity index (χ0n) is 16.9. The highest BCUT2D eigenvalue weighted by atomic mass is 127. The second kappa shape index (κ2) is 10.4. The van der Waals surface area contributed by atoms with Gasteiger partial charge in [-0.2, -0.15) is 5.10 Å². The van der Waals surface area contributed by atoms with E-state index in [4.69, 9.17) is 0 Å². The first-order valence-electron chi connectivity index (χ1n) is 10.2. The standard InChI is InChI=1S/C21H29FN6.HI/c1-23-21(25-17-9-13-27(14-10-17)19-6-7-19)24-12-8-18-11-15-28(26-18)20-4-2-16(22)3-5-20;/h2-5,11,15,17,19H,6-10,12-14H2,1H3,(H2,23,24,25);1H. The summed E-state index contributed by atoms with van der Waals surface area (Å²) in [6, 6.07) is 9.71. The molecule has 1 saturated carbocycles. The summed E-state index contributed by atoms with van der Waals surface area (Å²) in [6.07, 6.45) is 7.84. The minimum Gasteiger partial charge on any atom is -0.356 e. The maximum Gasteiger partial charge on any atom is 0.191 e. The Morgan fingerprint density at radius 1 is 1.14 bits per heavy atom. The van der Waals surface area contributed by atoms with Gasteiger partial charge in [0.05, 0.1) is 11.4 Å². The average molecular weight is 512 g/mol. The Balaban J connectivity index is 0.00000240. The number of likely N-dealkylation sites (tertiary alicyclic amines) is 1. The molecule has 2 fully saturated rings. The monoisotopic (exact) mass is 512 g/mol. The van der Waals surface area contributed by atoms with Crippen LogP contribution in [0.4, 0.5) is 4.39 Å². The van der Waals surface area contributed by atoms with E-state index in [1.807, 2.05) is 19.3 Å². The van der Waals surface area contributed by atoms with Crippen LogP contribution in [0.5, 0.6) is 0 Å². The van der Waals surface area contributed by atoms with Crippen LogP contribution in [0.2, 0.25) is 0 Å². The first kappa shape index (κ1) is 22.0. The fourth-order valence-corrected chi connectivity index (χ4v) is 3.78. The van der Waals surface area contributed by atoms with Gasteiger partial charge >= 0.3 is 0 Å². The third-order valence-electron chi connectivity index (χ3n) is 5.57. The molecular weight excluding hydrogens is 482 g/mol. The van der Waals surface area contributed by atoms with Crippen molar-refractivity contribution in [1.82, 2.24) is 25.3 Å². The maximum atomic E-state index is 13.1. The Kier molecular flexibility index (Phi) is 7.88. The molecule has 0 amide bonds. The van der Waals surface area contributed by atoms with Crippen molar-refractivity contribution in [2.24, 2.45) is 4.99 Å². The summed E-state index contributed by atoms with van der Waals surface area (Å²) >= 11 is 0. The van der Waals surface area contributed by atoms with Crippen LogP contribution in [0, 0.1) is 5.82 Å². The Labute approximate surface area is 189 Å². The van der Waals surface area contributed by atoms with Gasteiger partial charge in [0.15, 0.2) is 5.96 Å². The van der Waals surface area contributed by atoms with Crippen LogP contribution in [-0.4, -0.2) is 59.4 Å². The van der Waals surface area contributed by atoms with Crippen LogP contribution in [0.3, 0.4) is 0 Å². The molecule has 0 unspecified atom stereocenters. The molecule has 0 bridgehead atoms. The number of piperidine rings is 1. The van der Waals surface area contributed by atoms with E-state index in [1.165, 1.54) is 50.9 Å². The van der Waals surface area contributed by atoms with Crippen LogP contribution in [0.15, 0.2) is 41.5 Å². The Hall–Kier alpha value is -1.68. The van der Waals surface area contributed by atoms with Crippen molar-refractivity contribution in [2.75, 3.05) is 26.7 Å². The van der Waals surface area contributed by atoms with E-state index in [0.29, 0.717) is 6.04 Å². The normalized spacial score (nSPS) is 18.3. The van der Waals surface area contributed by atoms with Gasteiger partial charge in [0, 0.05) is 51.4 Å². The molecule has 1 aliphatic heterocycles. The van der Waals surface area contributed by atoms with Crippen molar-refractivity contribution >= 4 is 29.9 Å². The molecule has 0 radical (unpaired) electrons. The van der Waals surface area contributed by atoms with E-state index < -0.39 is 0 Å². The molecule has 1 aromatic heterocycles. The zero-order chi connectivity index (χ0) is 19.3. The highest BCUT2D eigenvalue weighted by Crippen LogP contribution is 2.29. The number of rotatable bonds is 6. The van der Waals surface area contributed by atoms with E-state index in [0.717, 1.165) is 36.3 Å². The highest BCUT2D eigenvalue weighted by molar-refractivity contribution is 14.0. The van der Waals surface area contributed by atoms with E-state index in [9.17, 15) is 4.39 Å². The maximum absolute atomic E-state index is 13.1. The van der Waals surface area contributed by atoms with E-state index >= 15 is 0 Å². The molecule has 0 atom stereocenters. The third-order valence-corrected chi connectivity index (χ3v) is 5.57. The fraction of sp³-hybridized carbons (Fsp3) is 0.524. The summed E-state index contributed by atoms with van der Waals surface area (Å²) in [5.41, 5.74) is 1.85. The topological polar surface area (TPSA) is 57.5 Å². The summed E-state index contributed by atoms with van der Waals surface area (Å²) in [6.45, 7) is 3.15. The first-order valence-corrected chi connectivity index (χ1v) is 10.2. The van der Waals surface area contributed by atoms with Crippen LogP contribution in [0.25, 0.3) is 5.69 Å². The van der Waals surface area contributed by atoms with Crippen molar-refractivity contribution in [2.45, 2.75) is 44.2 Å². The molecule has 2 heterocycles. The largest absolute Gasteiger partial charge is 0.356 e. The van der Waals surface area contributed by atoms with Crippen molar-refractivity contribution in [1.29, 1.82) is 0 Å². The summed E-state index contributed by atoms with van der Waals surface area (Å²) in [5, 5.41) is 11.5. The first-order chi connectivity index (χ1) is 13.7. The molecule has 6 nitrogen and oxygen atoms in total. The van der Waals surface area contributed by atoms with Gasteiger partial charge < -0.3 is 15.5 Å². The number of guanidine groups is 1. The summed E-state index contributed by atoms with van der Waals surface area (Å²) in [4.78, 5) is 6.99. The van der Waals surface area contributed by atoms with E-state index in [1.54, 1.807) is 16.8 Å². The molecule has 2 aliphatic rings. The van der Waals surface area contributed by atoms with Crippen LogP contribution in [-0.2, 0) is 6.42 Å². The Morgan fingerprint density at radius 2 is 1.86 bits per heavy atom. The second-order valence-corrected chi connectivity index (χ2v) is 7.66. The van der Waals surface area contributed by atoms with Gasteiger partial charge in [0.25, 0.3) is 0 Å². The summed E-state index contributed by atoms with van der Waals surface area (Å²) < 4.78 is 14.8. The van der Waals surface area contributed by atoms with Crippen molar-refractivity contribution < 1.29 is 4.39 Å². The molecule has 8 heteroatoms. The van der Waals surface area contributed by atoms with Crippen LogP contribution in [0.1, 0.15) is 31.4 Å². The van der Waals surface area contributed by atoms with Crippen molar-refractivity contribution in [3.05, 3.63) is 48.0 Å². The molecule has 1 saturated heterocycles. The number of hydrogen-bond acceptors (Lipinski definition) is 3. The lowest BCUT2D eigenvalue weighted by Gasteiger charge is -2.33. The zero-order valence-corrected chi connectivity index (χ0v) is 19.2. The lowest BCUT2D eigenvalue weighted by atomic mass is 10.1. The average Bonchev–Trinajstić information content (AvgIpc) is 3.47. The molecule has 0 spiro atoms. The fourth-order valence-electron chi connectivity index (χ4n) is 3.78. The lowest BCUT2D eigenvalue weighted by Crippen LogP contribution is -2.49. The minimum absolute atomic E-state index is 0. The lowest BCUT2D eigenvalue weighted by molar-refractivity contribution is 0.197. The van der Waals surface area contributed by atoms with E-state index in [-0.39, 0.29) is 29.8 Å². The molecule has 4 rings (SSSR count). The summed E-state index contributed by atoms with van der Waals surface area (Å²) in [7, 11) is 1.82. The molecule has 29 heavy (non-hydrogen) atoms. The van der Waals surface area contributed by atoms with Gasteiger partial charge in [0.1, 0.15) is 5.82 Å². The van der Waals surface area contributed by atoms with Gasteiger partial charge in [-0.25, -0.2) is 9.07 Å².